The zero-order valence-electron chi connectivity index (χ0n) is 31.3. The molecule has 16 nitrogen and oxygen atoms in total. The molecule has 3 aromatic heterocycles. The summed E-state index contributed by atoms with van der Waals surface area (Å²) in [6, 6.07) is 16.5. The number of nitrogens with one attached hydrogen (secondary N) is 2. The van der Waals surface area contributed by atoms with Crippen LogP contribution in [-0.4, -0.2) is 60.4 Å². The van der Waals surface area contributed by atoms with Crippen LogP contribution in [0.15, 0.2) is 92.3 Å². The third-order valence-corrected chi connectivity index (χ3v) is 9.85. The molecular weight excluding hydrogens is 724 g/mol. The van der Waals surface area contributed by atoms with Crippen LogP contribution >= 0.6 is 0 Å². The first kappa shape index (κ1) is 40.3. The van der Waals surface area contributed by atoms with Crippen molar-refractivity contribution < 1.29 is 38.3 Å². The summed E-state index contributed by atoms with van der Waals surface area (Å²) in [5, 5.41) is 14.8. The first-order valence-electron chi connectivity index (χ1n) is 17.9. The number of hydrogen-bond acceptors (Lipinski definition) is 13. The normalized spacial score (nSPS) is 15.0. The number of nitrogens with zero attached hydrogens (tertiary/aromatic N) is 3. The molecule has 2 aromatic carbocycles. The van der Waals surface area contributed by atoms with E-state index >= 15 is 0 Å². The van der Waals surface area contributed by atoms with E-state index in [9.17, 15) is 24.0 Å². The number of aromatic nitrogens is 4. The number of oxime groups is 1. The Kier molecular flexibility index (Phi) is 12.6. The fourth-order valence-electron chi connectivity index (χ4n) is 6.24. The van der Waals surface area contributed by atoms with Crippen LogP contribution in [0, 0.1) is 0 Å². The molecule has 0 radical (unpaired) electrons. The number of carbonyl (C=O) groups is 3. The summed E-state index contributed by atoms with van der Waals surface area (Å²) in [7, 11) is 0. The number of pyridine rings is 2. The minimum absolute atomic E-state index is 0.0382. The van der Waals surface area contributed by atoms with Gasteiger partial charge in [0.1, 0.15) is 28.5 Å². The highest BCUT2D eigenvalue weighted by molar-refractivity contribution is 6.02. The van der Waals surface area contributed by atoms with Crippen molar-refractivity contribution in [2.45, 2.75) is 77.4 Å². The summed E-state index contributed by atoms with van der Waals surface area (Å²) in [6.45, 7) is 8.44. The number of rotatable bonds is 9. The van der Waals surface area contributed by atoms with Crippen LogP contribution in [0.4, 0.5) is 0 Å². The minimum atomic E-state index is -0.433. The molecule has 7 rings (SSSR count). The molecule has 5 aromatic rings. The highest BCUT2D eigenvalue weighted by Gasteiger charge is 2.39. The minimum Gasteiger partial charge on any atom is -0.486 e. The maximum absolute atomic E-state index is 12.7. The van der Waals surface area contributed by atoms with Crippen molar-refractivity contribution in [2.75, 3.05) is 0 Å². The lowest BCUT2D eigenvalue weighted by molar-refractivity contribution is -0.120. The third-order valence-electron chi connectivity index (χ3n) is 9.85. The van der Waals surface area contributed by atoms with Crippen molar-refractivity contribution in [1.29, 1.82) is 0 Å². The zero-order chi connectivity index (χ0) is 40.5. The summed E-state index contributed by atoms with van der Waals surface area (Å²) < 4.78 is 22.1. The molecule has 2 aliphatic rings. The molecule has 0 unspecified atom stereocenters. The van der Waals surface area contributed by atoms with Gasteiger partial charge < -0.3 is 39.6 Å². The predicted molar refractivity (Wildman–Crippen MR) is 204 cm³/mol. The lowest BCUT2D eigenvalue weighted by Crippen LogP contribution is -2.40. The highest BCUT2D eigenvalue weighted by Crippen LogP contribution is 2.40. The first-order valence-corrected chi connectivity index (χ1v) is 17.9. The molecule has 0 saturated heterocycles. The molecule has 2 aliphatic heterocycles. The van der Waals surface area contributed by atoms with Crippen molar-refractivity contribution in [3.63, 3.8) is 0 Å². The highest BCUT2D eigenvalue weighted by atomic mass is 16.5. The molecule has 0 spiro atoms. The van der Waals surface area contributed by atoms with E-state index in [1.807, 2.05) is 27.7 Å². The van der Waals surface area contributed by atoms with E-state index in [0.29, 0.717) is 58.8 Å². The van der Waals surface area contributed by atoms with Crippen LogP contribution in [0.5, 0.6) is 17.2 Å². The molecule has 16 heteroatoms. The van der Waals surface area contributed by atoms with Gasteiger partial charge in [-0.2, -0.15) is 4.98 Å². The van der Waals surface area contributed by atoms with Crippen LogP contribution in [0.1, 0.15) is 92.5 Å². The van der Waals surface area contributed by atoms with Gasteiger partial charge >= 0.3 is 0 Å². The van der Waals surface area contributed by atoms with E-state index in [1.165, 1.54) is 18.5 Å². The number of carbonyl (C=O) groups excluding carboxylic acids is 3. The third kappa shape index (κ3) is 8.75. The maximum atomic E-state index is 12.7. The largest absolute Gasteiger partial charge is 0.486 e. The number of H-pyrrole nitrogens is 2. The number of aromatic amines is 2. The Hall–Kier alpha value is -6.84. The van der Waals surface area contributed by atoms with Crippen LogP contribution in [0.2, 0.25) is 0 Å². The van der Waals surface area contributed by atoms with E-state index in [0.717, 1.165) is 25.7 Å². The van der Waals surface area contributed by atoms with Gasteiger partial charge in [-0.15, -0.1) is 0 Å². The van der Waals surface area contributed by atoms with Crippen LogP contribution in [0.3, 0.4) is 0 Å². The number of fused-ring (bicyclic) bond motifs is 2. The topological polar surface area (TPSA) is 242 Å². The van der Waals surface area contributed by atoms with Gasteiger partial charge in [0, 0.05) is 18.0 Å². The Morgan fingerprint density at radius 1 is 0.821 bits per heavy atom. The maximum Gasteiger partial charge on any atom is 0.298 e. The standard InChI is InChI=1S/C20H19N3O4.C14H16O4.C6H7N3O2/c1-3-20(4-2)11-15(24)14-10-12(7-8-16(14)26-20)19-22-17(23-27-19)13-6-5-9-21-18(13)25;1-3-14(4-2)8-12(16)11-7-10(17-9-15)5-6-13(11)18-14;7-5(9-11)4-2-1-3-8-6(4)10/h5-10H,3-4,11H2,1-2H3,(H,21,25);5-7,9H,3-4,8H2,1-2H3;1-3,11H,(H2,7,9)(H,8,10). The molecule has 0 saturated carbocycles. The van der Waals surface area contributed by atoms with Gasteiger partial charge in [0.25, 0.3) is 23.5 Å². The zero-order valence-corrected chi connectivity index (χ0v) is 31.3. The molecular formula is C40H42N6O10. The van der Waals surface area contributed by atoms with Gasteiger partial charge in [0.05, 0.1) is 35.1 Å². The summed E-state index contributed by atoms with van der Waals surface area (Å²) >= 11 is 0. The second kappa shape index (κ2) is 17.5. The van der Waals surface area contributed by atoms with Gasteiger partial charge in [-0.25, -0.2) is 0 Å². The Morgan fingerprint density at radius 2 is 1.39 bits per heavy atom. The van der Waals surface area contributed by atoms with Gasteiger partial charge in [-0.3, -0.25) is 24.0 Å². The number of benzene rings is 2. The van der Waals surface area contributed by atoms with E-state index < -0.39 is 11.2 Å². The summed E-state index contributed by atoms with van der Waals surface area (Å²) in [5.41, 5.74) is 5.78. The van der Waals surface area contributed by atoms with Crippen LogP contribution in [0.25, 0.3) is 22.8 Å². The van der Waals surface area contributed by atoms with E-state index in [-0.39, 0.29) is 45.8 Å². The van der Waals surface area contributed by atoms with E-state index in [2.05, 4.69) is 25.3 Å². The predicted octanol–water partition coefficient (Wildman–Crippen LogP) is 5.83. The molecule has 56 heavy (non-hydrogen) atoms. The van der Waals surface area contributed by atoms with Crippen molar-refractivity contribution in [1.82, 2.24) is 20.1 Å². The van der Waals surface area contributed by atoms with Gasteiger partial charge in [-0.1, -0.05) is 38.0 Å². The van der Waals surface area contributed by atoms with Crippen molar-refractivity contribution in [3.05, 3.63) is 110 Å². The number of Topliss-reactive ketones (excluding diaryl/α,β-unsaturated/α-hetero) is 2. The van der Waals surface area contributed by atoms with E-state index in [1.54, 1.807) is 54.6 Å². The summed E-state index contributed by atoms with van der Waals surface area (Å²) in [6.07, 6.45) is 6.86. The number of hydrogen-bond donors (Lipinski definition) is 4. The molecule has 0 fully saturated rings. The van der Waals surface area contributed by atoms with Crippen LogP contribution in [-0.2, 0) is 4.79 Å². The monoisotopic (exact) mass is 766 g/mol. The number of ketones is 2. The average Bonchev–Trinajstić information content (AvgIpc) is 3.72. The molecule has 5 N–H and O–H groups in total. The molecule has 292 valence electrons. The number of amidine groups is 1. The molecule has 0 bridgehead atoms. The molecule has 0 aliphatic carbocycles. The second-order valence-corrected chi connectivity index (χ2v) is 13.0. The summed E-state index contributed by atoms with van der Waals surface area (Å²) in [4.78, 5) is 67.1. The van der Waals surface area contributed by atoms with Crippen molar-refractivity contribution >= 4 is 23.9 Å². The second-order valence-electron chi connectivity index (χ2n) is 13.0. The lowest BCUT2D eigenvalue weighted by atomic mass is 9.85. The Morgan fingerprint density at radius 3 is 1.95 bits per heavy atom. The summed E-state index contributed by atoms with van der Waals surface area (Å²) in [5.74, 6) is 1.85. The van der Waals surface area contributed by atoms with Gasteiger partial charge in [0.15, 0.2) is 17.4 Å². The quantitative estimate of drug-likeness (QED) is 0.0454. The SMILES string of the molecule is CCC1(CC)CC(=O)c2cc(-c3nc(-c4ccc[nH]c4=O)no3)ccc2O1.CCC1(CC)CC(=O)c2cc(OC=O)ccc2O1.NC(=NO)c1ccc[nH]c1=O. The molecule has 0 amide bonds. The smallest absolute Gasteiger partial charge is 0.298 e. The van der Waals surface area contributed by atoms with Gasteiger partial charge in [0.2, 0.25) is 5.82 Å². The fourth-order valence-corrected chi connectivity index (χ4v) is 6.24. The van der Waals surface area contributed by atoms with Gasteiger partial charge in [-0.05, 0) is 86.3 Å². The van der Waals surface area contributed by atoms with Crippen LogP contribution < -0.4 is 31.1 Å². The molecule has 0 atom stereocenters. The molecule has 5 heterocycles. The fraction of sp³-hybridized carbons (Fsp3) is 0.300. The lowest BCUT2D eigenvalue weighted by Gasteiger charge is -2.36. The first-order chi connectivity index (χ1) is 26.9. The van der Waals surface area contributed by atoms with Crippen molar-refractivity contribution in [2.24, 2.45) is 10.9 Å². The Balaban J connectivity index is 0.000000178. The van der Waals surface area contributed by atoms with E-state index in [4.69, 9.17) is 29.7 Å². The Bertz CT molecular complexity index is 2350. The van der Waals surface area contributed by atoms with Crippen molar-refractivity contribution in [3.8, 4) is 40.1 Å². The number of ether oxygens (including phenoxy) is 3. The number of nitrogens with two attached hydrogens (primary N) is 1. The Labute approximate surface area is 320 Å². The average molecular weight is 767 g/mol.